The summed E-state index contributed by atoms with van der Waals surface area (Å²) >= 11 is 3.50. The zero-order chi connectivity index (χ0) is 16.1. The molecule has 0 spiro atoms. The van der Waals surface area contributed by atoms with Crippen molar-refractivity contribution in [3.05, 3.63) is 64.4 Å². The molecule has 0 unspecified atom stereocenters. The molecule has 0 aliphatic rings. The number of fused-ring (bicyclic) bond motifs is 1. The van der Waals surface area contributed by atoms with Gasteiger partial charge in [-0.05, 0) is 36.2 Å². The summed E-state index contributed by atoms with van der Waals surface area (Å²) in [5.74, 6) is 0.842. The molecule has 118 valence electrons. The van der Waals surface area contributed by atoms with Gasteiger partial charge in [-0.1, -0.05) is 40.2 Å². The molecule has 3 rings (SSSR count). The second-order valence-electron chi connectivity index (χ2n) is 5.19. The van der Waals surface area contributed by atoms with E-state index in [1.54, 1.807) is 6.33 Å². The van der Waals surface area contributed by atoms with E-state index in [9.17, 15) is 0 Å². The van der Waals surface area contributed by atoms with E-state index in [1.807, 2.05) is 25.1 Å². The van der Waals surface area contributed by atoms with Gasteiger partial charge in [-0.2, -0.15) is 0 Å². The summed E-state index contributed by atoms with van der Waals surface area (Å²) in [6, 6.07) is 14.4. The first-order chi connectivity index (χ1) is 11.3. The maximum absolute atomic E-state index is 5.41. The Bertz CT molecular complexity index is 790. The van der Waals surface area contributed by atoms with Gasteiger partial charge in [0.25, 0.3) is 0 Å². The molecule has 0 fully saturated rings. The zero-order valence-corrected chi connectivity index (χ0v) is 14.5. The summed E-state index contributed by atoms with van der Waals surface area (Å²) in [6.45, 7) is 4.12. The zero-order valence-electron chi connectivity index (χ0n) is 12.9. The van der Waals surface area contributed by atoms with Crippen molar-refractivity contribution < 1.29 is 4.74 Å². The highest BCUT2D eigenvalue weighted by Crippen LogP contribution is 2.23. The predicted molar refractivity (Wildman–Crippen MR) is 96.3 cm³/mol. The fourth-order valence-electron chi connectivity index (χ4n) is 2.33. The molecule has 0 saturated carbocycles. The predicted octanol–water partition coefficient (Wildman–Crippen LogP) is 4.54. The molecule has 0 aliphatic carbocycles. The molecule has 0 radical (unpaired) electrons. The first-order valence-corrected chi connectivity index (χ1v) is 8.35. The summed E-state index contributed by atoms with van der Waals surface area (Å²) in [5, 5.41) is 4.40. The number of ether oxygens (including phenoxy) is 1. The number of halogens is 1. The van der Waals surface area contributed by atoms with Crippen molar-refractivity contribution in [2.45, 2.75) is 20.1 Å². The topological polar surface area (TPSA) is 47.0 Å². The van der Waals surface area contributed by atoms with E-state index in [-0.39, 0.29) is 0 Å². The number of hydrogen-bond acceptors (Lipinski definition) is 4. The summed E-state index contributed by atoms with van der Waals surface area (Å²) in [4.78, 5) is 8.65. The van der Waals surface area contributed by atoms with Gasteiger partial charge >= 0.3 is 0 Å². The molecule has 1 heterocycles. The molecule has 3 aromatic rings. The molecule has 1 N–H and O–H groups in total. The van der Waals surface area contributed by atoms with Crippen LogP contribution in [0.1, 0.15) is 18.1 Å². The SMILES string of the molecule is CCOCc1ccc(CNc2ncnc3ccc(Br)cc23)cc1. The van der Waals surface area contributed by atoms with Gasteiger partial charge in [-0.3, -0.25) is 0 Å². The van der Waals surface area contributed by atoms with E-state index in [0.29, 0.717) is 13.2 Å². The van der Waals surface area contributed by atoms with Crippen LogP contribution < -0.4 is 5.32 Å². The van der Waals surface area contributed by atoms with Gasteiger partial charge in [0.1, 0.15) is 12.1 Å². The number of benzene rings is 2. The lowest BCUT2D eigenvalue weighted by molar-refractivity contribution is 0.134. The number of rotatable bonds is 6. The molecule has 0 saturated heterocycles. The van der Waals surface area contributed by atoms with E-state index in [0.717, 1.165) is 27.8 Å². The van der Waals surface area contributed by atoms with Crippen LogP contribution in [-0.4, -0.2) is 16.6 Å². The van der Waals surface area contributed by atoms with Gasteiger partial charge in [0.05, 0.1) is 12.1 Å². The monoisotopic (exact) mass is 371 g/mol. The fourth-order valence-corrected chi connectivity index (χ4v) is 2.69. The van der Waals surface area contributed by atoms with Crippen LogP contribution in [0.15, 0.2) is 53.3 Å². The summed E-state index contributed by atoms with van der Waals surface area (Å²) in [6.07, 6.45) is 1.59. The molecule has 0 bridgehead atoms. The van der Waals surface area contributed by atoms with Crippen molar-refractivity contribution in [1.29, 1.82) is 0 Å². The summed E-state index contributed by atoms with van der Waals surface area (Å²) < 4.78 is 6.43. The average molecular weight is 372 g/mol. The van der Waals surface area contributed by atoms with E-state index < -0.39 is 0 Å². The van der Waals surface area contributed by atoms with Crippen LogP contribution >= 0.6 is 15.9 Å². The van der Waals surface area contributed by atoms with Gasteiger partial charge < -0.3 is 10.1 Å². The fraction of sp³-hybridized carbons (Fsp3) is 0.222. The van der Waals surface area contributed by atoms with E-state index in [2.05, 4.69) is 55.5 Å². The Kier molecular flexibility index (Phi) is 5.20. The number of nitrogens with zero attached hydrogens (tertiary/aromatic N) is 2. The van der Waals surface area contributed by atoms with Gasteiger partial charge in [0, 0.05) is 23.0 Å². The van der Waals surface area contributed by atoms with Crippen LogP contribution in [0.5, 0.6) is 0 Å². The Morgan fingerprint density at radius 2 is 1.83 bits per heavy atom. The number of nitrogens with one attached hydrogen (secondary N) is 1. The molecule has 0 amide bonds. The van der Waals surface area contributed by atoms with Gasteiger partial charge in [-0.15, -0.1) is 0 Å². The normalized spacial score (nSPS) is 10.9. The number of hydrogen-bond donors (Lipinski definition) is 1. The van der Waals surface area contributed by atoms with Crippen molar-refractivity contribution in [3.63, 3.8) is 0 Å². The number of anilines is 1. The number of aromatic nitrogens is 2. The standard InChI is InChI=1S/C18H18BrN3O/c1-2-23-11-14-5-3-13(4-6-14)10-20-18-16-9-15(19)7-8-17(16)21-12-22-18/h3-9,12H,2,10-11H2,1H3,(H,20,21,22). The van der Waals surface area contributed by atoms with Gasteiger partial charge in [-0.25, -0.2) is 9.97 Å². The second-order valence-corrected chi connectivity index (χ2v) is 6.11. The van der Waals surface area contributed by atoms with Crippen LogP contribution in [-0.2, 0) is 17.9 Å². The minimum atomic E-state index is 0.661. The molecule has 5 heteroatoms. The smallest absolute Gasteiger partial charge is 0.137 e. The Balaban J connectivity index is 1.72. The van der Waals surface area contributed by atoms with Crippen LogP contribution in [0.4, 0.5) is 5.82 Å². The first kappa shape index (κ1) is 15.9. The molecule has 4 nitrogen and oxygen atoms in total. The van der Waals surface area contributed by atoms with Crippen molar-refractivity contribution in [3.8, 4) is 0 Å². The third-order valence-electron chi connectivity index (χ3n) is 3.55. The minimum Gasteiger partial charge on any atom is -0.377 e. The van der Waals surface area contributed by atoms with Crippen LogP contribution in [0.2, 0.25) is 0 Å². The van der Waals surface area contributed by atoms with Crippen LogP contribution in [0, 0.1) is 0 Å². The highest BCUT2D eigenvalue weighted by atomic mass is 79.9. The third-order valence-corrected chi connectivity index (χ3v) is 4.05. The Morgan fingerprint density at radius 1 is 1.04 bits per heavy atom. The van der Waals surface area contributed by atoms with Crippen molar-refractivity contribution >= 4 is 32.7 Å². The highest BCUT2D eigenvalue weighted by Gasteiger charge is 2.04. The summed E-state index contributed by atoms with van der Waals surface area (Å²) in [5.41, 5.74) is 3.32. The van der Waals surface area contributed by atoms with E-state index in [1.165, 1.54) is 11.1 Å². The quantitative estimate of drug-likeness (QED) is 0.690. The largest absolute Gasteiger partial charge is 0.377 e. The lowest BCUT2D eigenvalue weighted by Crippen LogP contribution is -2.03. The Hall–Kier alpha value is -1.98. The molecule has 23 heavy (non-hydrogen) atoms. The summed E-state index contributed by atoms with van der Waals surface area (Å²) in [7, 11) is 0. The van der Waals surface area contributed by atoms with Crippen molar-refractivity contribution in [1.82, 2.24) is 9.97 Å². The lowest BCUT2D eigenvalue weighted by Gasteiger charge is -2.09. The molecule has 1 aromatic heterocycles. The second kappa shape index (κ2) is 7.53. The Morgan fingerprint density at radius 3 is 2.61 bits per heavy atom. The van der Waals surface area contributed by atoms with Crippen molar-refractivity contribution in [2.24, 2.45) is 0 Å². The van der Waals surface area contributed by atoms with Crippen molar-refractivity contribution in [2.75, 3.05) is 11.9 Å². The Labute approximate surface area is 144 Å². The lowest BCUT2D eigenvalue weighted by atomic mass is 10.1. The highest BCUT2D eigenvalue weighted by molar-refractivity contribution is 9.10. The van der Waals surface area contributed by atoms with Crippen LogP contribution in [0.3, 0.4) is 0 Å². The maximum atomic E-state index is 5.41. The molecular formula is C18H18BrN3O. The van der Waals surface area contributed by atoms with Gasteiger partial charge in [0.15, 0.2) is 0 Å². The minimum absolute atomic E-state index is 0.661. The van der Waals surface area contributed by atoms with E-state index in [4.69, 9.17) is 4.74 Å². The van der Waals surface area contributed by atoms with E-state index >= 15 is 0 Å². The molecule has 0 aliphatic heterocycles. The molecule has 0 atom stereocenters. The van der Waals surface area contributed by atoms with Crippen LogP contribution in [0.25, 0.3) is 10.9 Å². The van der Waals surface area contributed by atoms with Gasteiger partial charge in [0.2, 0.25) is 0 Å². The first-order valence-electron chi connectivity index (χ1n) is 7.56. The molecule has 2 aromatic carbocycles. The third kappa shape index (κ3) is 4.06. The molecular weight excluding hydrogens is 354 g/mol. The maximum Gasteiger partial charge on any atom is 0.137 e. The average Bonchev–Trinajstić information content (AvgIpc) is 2.59.